The third-order valence-corrected chi connectivity index (χ3v) is 4.82. The van der Waals surface area contributed by atoms with E-state index >= 15 is 0 Å². The fourth-order valence-corrected chi connectivity index (χ4v) is 3.08. The quantitative estimate of drug-likeness (QED) is 0.430. The fourth-order valence-electron chi connectivity index (χ4n) is 2.87. The third-order valence-electron chi connectivity index (χ3n) is 4.51. The minimum atomic E-state index is -0.753. The zero-order valence-corrected chi connectivity index (χ0v) is 17.3. The number of ether oxygens (including phenoxy) is 2. The van der Waals surface area contributed by atoms with E-state index in [9.17, 15) is 14.4 Å². The number of esters is 1. The Morgan fingerprint density at radius 3 is 2.43 bits per heavy atom. The first-order valence-corrected chi connectivity index (χ1v) is 9.67. The first-order valence-electron chi connectivity index (χ1n) is 9.29. The summed E-state index contributed by atoms with van der Waals surface area (Å²) in [5.41, 5.74) is 0.830. The third kappa shape index (κ3) is 4.78. The second kappa shape index (κ2) is 9.41. The Hall–Kier alpha value is -3.38. The van der Waals surface area contributed by atoms with Gasteiger partial charge in [0.25, 0.3) is 0 Å². The molecule has 0 saturated carbocycles. The number of rotatable bonds is 7. The molecule has 0 bridgehead atoms. The molecule has 3 aromatic rings. The highest BCUT2D eigenvalue weighted by molar-refractivity contribution is 6.34. The molecule has 0 unspecified atom stereocenters. The van der Waals surface area contributed by atoms with E-state index in [1.165, 1.54) is 19.2 Å². The van der Waals surface area contributed by atoms with Gasteiger partial charge in [-0.3, -0.25) is 9.59 Å². The van der Waals surface area contributed by atoms with E-state index in [0.29, 0.717) is 11.3 Å². The minimum absolute atomic E-state index is 0.0586. The molecule has 0 heterocycles. The molecule has 6 nitrogen and oxygen atoms in total. The highest BCUT2D eigenvalue weighted by Gasteiger charge is 2.19. The maximum atomic E-state index is 12.5. The highest BCUT2D eigenvalue weighted by Crippen LogP contribution is 2.31. The number of methoxy groups -OCH3 is 1. The largest absolute Gasteiger partial charge is 0.496 e. The SMILES string of the molecule is CCC(=O)Nc1cc(OC)c(C(=O)OCC(=O)c2ccc3ccccc3c2)cc1Cl. The number of carbonyl (C=O) groups is 3. The van der Waals surface area contributed by atoms with Gasteiger partial charge in [0.1, 0.15) is 11.3 Å². The number of ketones is 1. The molecule has 0 radical (unpaired) electrons. The summed E-state index contributed by atoms with van der Waals surface area (Å²) in [5.74, 6) is -1.13. The van der Waals surface area contributed by atoms with Crippen molar-refractivity contribution < 1.29 is 23.9 Å². The number of amides is 1. The van der Waals surface area contributed by atoms with Crippen molar-refractivity contribution in [3.63, 3.8) is 0 Å². The Kier molecular flexibility index (Phi) is 6.69. The zero-order chi connectivity index (χ0) is 21.7. The maximum absolute atomic E-state index is 12.5. The van der Waals surface area contributed by atoms with E-state index in [1.807, 2.05) is 30.3 Å². The monoisotopic (exact) mass is 425 g/mol. The molecule has 0 aliphatic carbocycles. The summed E-state index contributed by atoms with van der Waals surface area (Å²) in [4.78, 5) is 36.6. The van der Waals surface area contributed by atoms with Gasteiger partial charge < -0.3 is 14.8 Å². The standard InChI is InChI=1S/C23H20ClNO5/c1-3-22(27)25-19-12-21(29-2)17(11-18(19)24)23(28)30-13-20(26)16-9-8-14-6-4-5-7-15(14)10-16/h4-12H,3,13H2,1-2H3,(H,25,27). The maximum Gasteiger partial charge on any atom is 0.342 e. The van der Waals surface area contributed by atoms with Gasteiger partial charge in [0, 0.05) is 18.1 Å². The summed E-state index contributed by atoms with van der Waals surface area (Å²) in [6.45, 7) is 1.28. The molecule has 0 aliphatic rings. The van der Waals surface area contributed by atoms with Crippen LogP contribution in [0.25, 0.3) is 10.8 Å². The van der Waals surface area contributed by atoms with Crippen molar-refractivity contribution in [2.45, 2.75) is 13.3 Å². The normalized spacial score (nSPS) is 10.5. The van der Waals surface area contributed by atoms with E-state index < -0.39 is 12.6 Å². The van der Waals surface area contributed by atoms with Crippen LogP contribution in [0.1, 0.15) is 34.1 Å². The van der Waals surface area contributed by atoms with Gasteiger partial charge in [-0.05, 0) is 22.9 Å². The van der Waals surface area contributed by atoms with Crippen molar-refractivity contribution in [2.24, 2.45) is 0 Å². The lowest BCUT2D eigenvalue weighted by molar-refractivity contribution is -0.115. The molecule has 3 aromatic carbocycles. The van der Waals surface area contributed by atoms with Crippen molar-refractivity contribution in [3.8, 4) is 5.75 Å². The van der Waals surface area contributed by atoms with Gasteiger partial charge in [-0.2, -0.15) is 0 Å². The van der Waals surface area contributed by atoms with Crippen molar-refractivity contribution >= 4 is 45.7 Å². The Labute approximate surface area is 178 Å². The number of hydrogen-bond donors (Lipinski definition) is 1. The lowest BCUT2D eigenvalue weighted by Gasteiger charge is -2.13. The Balaban J connectivity index is 1.73. The Morgan fingerprint density at radius 1 is 1.00 bits per heavy atom. The summed E-state index contributed by atoms with van der Waals surface area (Å²) in [7, 11) is 1.38. The number of halogens is 1. The lowest BCUT2D eigenvalue weighted by Crippen LogP contribution is -2.16. The number of nitrogens with one attached hydrogen (secondary N) is 1. The average molecular weight is 426 g/mol. The van der Waals surface area contributed by atoms with Gasteiger partial charge in [-0.1, -0.05) is 54.9 Å². The summed E-state index contributed by atoms with van der Waals surface area (Å²) in [5, 5.41) is 4.73. The molecule has 0 atom stereocenters. The van der Waals surface area contributed by atoms with Gasteiger partial charge in [-0.15, -0.1) is 0 Å². The number of Topliss-reactive ketones (excluding diaryl/α,β-unsaturated/α-hetero) is 1. The summed E-state index contributed by atoms with van der Waals surface area (Å²) >= 11 is 6.17. The van der Waals surface area contributed by atoms with Crippen molar-refractivity contribution in [1.82, 2.24) is 0 Å². The topological polar surface area (TPSA) is 81.7 Å². The van der Waals surface area contributed by atoms with E-state index in [4.69, 9.17) is 21.1 Å². The summed E-state index contributed by atoms with van der Waals surface area (Å²) in [6.07, 6.45) is 0.277. The zero-order valence-electron chi connectivity index (χ0n) is 16.5. The van der Waals surface area contributed by atoms with Gasteiger partial charge >= 0.3 is 5.97 Å². The smallest absolute Gasteiger partial charge is 0.342 e. The molecule has 0 aromatic heterocycles. The van der Waals surface area contributed by atoms with E-state index in [1.54, 1.807) is 19.1 Å². The molecule has 3 rings (SSSR count). The number of benzene rings is 3. The average Bonchev–Trinajstić information content (AvgIpc) is 2.77. The Bertz CT molecular complexity index is 1130. The summed E-state index contributed by atoms with van der Waals surface area (Å²) < 4.78 is 10.4. The van der Waals surface area contributed by atoms with Gasteiger partial charge in [0.2, 0.25) is 5.91 Å². The molecular weight excluding hydrogens is 406 g/mol. The highest BCUT2D eigenvalue weighted by atomic mass is 35.5. The molecular formula is C23H20ClNO5. The van der Waals surface area contributed by atoms with Crippen molar-refractivity contribution in [2.75, 3.05) is 19.0 Å². The molecule has 154 valence electrons. The van der Waals surface area contributed by atoms with Crippen LogP contribution in [-0.2, 0) is 9.53 Å². The number of anilines is 1. The molecule has 0 spiro atoms. The second-order valence-electron chi connectivity index (χ2n) is 6.50. The lowest BCUT2D eigenvalue weighted by atomic mass is 10.0. The molecule has 0 aliphatic heterocycles. The van der Waals surface area contributed by atoms with Gasteiger partial charge in [0.15, 0.2) is 12.4 Å². The van der Waals surface area contributed by atoms with Gasteiger partial charge in [0.05, 0.1) is 17.8 Å². The van der Waals surface area contributed by atoms with E-state index in [0.717, 1.165) is 10.8 Å². The predicted molar refractivity (Wildman–Crippen MR) is 115 cm³/mol. The summed E-state index contributed by atoms with van der Waals surface area (Å²) in [6, 6.07) is 15.7. The van der Waals surface area contributed by atoms with Crippen LogP contribution in [0.2, 0.25) is 5.02 Å². The van der Waals surface area contributed by atoms with Crippen LogP contribution in [0.3, 0.4) is 0 Å². The minimum Gasteiger partial charge on any atom is -0.496 e. The van der Waals surface area contributed by atoms with Crippen LogP contribution in [-0.4, -0.2) is 31.4 Å². The molecule has 0 saturated heterocycles. The van der Waals surface area contributed by atoms with Crippen molar-refractivity contribution in [3.05, 3.63) is 70.7 Å². The number of hydrogen-bond acceptors (Lipinski definition) is 5. The van der Waals surface area contributed by atoms with Crippen LogP contribution in [0.15, 0.2) is 54.6 Å². The predicted octanol–water partition coefficient (Wildman–Crippen LogP) is 4.89. The molecule has 1 N–H and O–H groups in total. The molecule has 1 amide bonds. The first-order chi connectivity index (χ1) is 14.4. The van der Waals surface area contributed by atoms with Crippen molar-refractivity contribution in [1.29, 1.82) is 0 Å². The number of fused-ring (bicyclic) bond motifs is 1. The molecule has 7 heteroatoms. The van der Waals surface area contributed by atoms with Crippen LogP contribution >= 0.6 is 11.6 Å². The van der Waals surface area contributed by atoms with E-state index in [2.05, 4.69) is 5.32 Å². The molecule has 0 fully saturated rings. The van der Waals surface area contributed by atoms with E-state index in [-0.39, 0.29) is 34.4 Å². The van der Waals surface area contributed by atoms with Gasteiger partial charge in [-0.25, -0.2) is 4.79 Å². The first kappa shape index (κ1) is 21.3. The van der Waals surface area contributed by atoms with Crippen LogP contribution in [0.5, 0.6) is 5.75 Å². The van der Waals surface area contributed by atoms with Crippen LogP contribution in [0, 0.1) is 0 Å². The molecule has 30 heavy (non-hydrogen) atoms. The number of carbonyl (C=O) groups excluding carboxylic acids is 3. The fraction of sp³-hybridized carbons (Fsp3) is 0.174. The van der Waals surface area contributed by atoms with Crippen LogP contribution < -0.4 is 10.1 Å². The van der Waals surface area contributed by atoms with Crippen LogP contribution in [0.4, 0.5) is 5.69 Å². The second-order valence-corrected chi connectivity index (χ2v) is 6.90. The Morgan fingerprint density at radius 2 is 1.73 bits per heavy atom.